The summed E-state index contributed by atoms with van der Waals surface area (Å²) in [5.41, 5.74) is 0.315. The molecule has 0 aromatic rings. The summed E-state index contributed by atoms with van der Waals surface area (Å²) in [5.74, 6) is -0.521. The molecule has 1 heterocycles. The van der Waals surface area contributed by atoms with Crippen LogP contribution in [0.2, 0.25) is 31.7 Å². The van der Waals surface area contributed by atoms with Gasteiger partial charge >= 0.3 is 130 Å². The Bertz CT molecular complexity index is 412. The Morgan fingerprint density at radius 1 is 1.19 bits per heavy atom. The van der Waals surface area contributed by atoms with E-state index in [1.807, 2.05) is 8.53 Å². The Labute approximate surface area is 153 Å². The van der Waals surface area contributed by atoms with Crippen LogP contribution in [0.15, 0.2) is 20.7 Å². The predicted octanol–water partition coefficient (Wildman–Crippen LogP) is -1.87. The van der Waals surface area contributed by atoms with Crippen molar-refractivity contribution in [3.8, 4) is 0 Å². The first-order valence-electron chi connectivity index (χ1n) is 7.78. The van der Waals surface area contributed by atoms with E-state index in [4.69, 9.17) is 0 Å². The largest absolute Gasteiger partial charge is 1.00 e. The summed E-state index contributed by atoms with van der Waals surface area (Å²) >= 11 is -1.74. The van der Waals surface area contributed by atoms with Crippen LogP contribution in [0.25, 0.3) is 0 Å². The maximum atomic E-state index is 4.14. The van der Waals surface area contributed by atoms with Crippen molar-refractivity contribution >= 4 is 14.1 Å². The third kappa shape index (κ3) is 5.42. The Kier molecular flexibility index (Phi) is 8.96. The van der Waals surface area contributed by atoms with Gasteiger partial charge in [-0.15, -0.1) is 0 Å². The minimum atomic E-state index is -1.74. The molecule has 0 atom stereocenters. The van der Waals surface area contributed by atoms with Gasteiger partial charge in [0, 0.05) is 0 Å². The summed E-state index contributed by atoms with van der Waals surface area (Å²) in [7, 11) is -0.958. The molecule has 121 valence electrons. The number of nitrogens with one attached hydrogen (secondary N) is 1. The van der Waals surface area contributed by atoms with Gasteiger partial charge in [-0.3, -0.25) is 0 Å². The van der Waals surface area contributed by atoms with E-state index >= 15 is 0 Å². The maximum Gasteiger partial charge on any atom is -1.00 e. The third-order valence-corrected chi connectivity index (χ3v) is 35.0. The molecule has 0 radical (unpaired) electrons. The molecule has 1 aliphatic carbocycles. The standard InChI is InChI=1S/C9H13Si.C4H10N.C2H7Si.2ClH.Hf/c1-10(7-4-8-10)9-5-2-3-6-9;1-4(2,3)5;1-3-2;;;/h2-3H,4-5,7-8H2,1H3;5H,1-3H3;3H,1-2H3;2*1H;/q;-1;;;;+3/p-2. The third-order valence-electron chi connectivity index (χ3n) is 4.49. The second kappa shape index (κ2) is 8.43. The summed E-state index contributed by atoms with van der Waals surface area (Å²) in [6, 6.07) is 3.14. The minimum absolute atomic E-state index is 0. The summed E-state index contributed by atoms with van der Waals surface area (Å²) in [4.78, 5) is 0. The number of hydrogen-bond donors (Lipinski definition) is 1. The van der Waals surface area contributed by atoms with Crippen LogP contribution in [0, 0.1) is 0 Å². The van der Waals surface area contributed by atoms with Crippen LogP contribution in [0.3, 0.4) is 0 Å². The van der Waals surface area contributed by atoms with Crippen LogP contribution in [-0.2, 0) is 20.9 Å². The van der Waals surface area contributed by atoms with Gasteiger partial charge in [-0.1, -0.05) is 0 Å². The summed E-state index contributed by atoms with van der Waals surface area (Å²) in [5, 5.41) is 1.99. The van der Waals surface area contributed by atoms with Gasteiger partial charge in [-0.25, -0.2) is 0 Å². The molecule has 2 aliphatic rings. The first-order chi connectivity index (χ1) is 8.73. The van der Waals surface area contributed by atoms with Crippen LogP contribution in [0.4, 0.5) is 0 Å². The molecule has 0 spiro atoms. The Morgan fingerprint density at radius 2 is 1.76 bits per heavy atom. The van der Waals surface area contributed by atoms with Gasteiger partial charge in [0.15, 0.2) is 0 Å². The van der Waals surface area contributed by atoms with Crippen molar-refractivity contribution in [1.82, 2.24) is 3.30 Å². The van der Waals surface area contributed by atoms with E-state index in [0.717, 1.165) is 0 Å². The van der Waals surface area contributed by atoms with E-state index in [1.54, 1.807) is 12.1 Å². The summed E-state index contributed by atoms with van der Waals surface area (Å²) in [6.45, 7) is 14.9. The molecule has 1 fully saturated rings. The fraction of sp³-hybridized carbons (Fsp3) is 0.733. The Morgan fingerprint density at radius 3 is 2.14 bits per heavy atom. The summed E-state index contributed by atoms with van der Waals surface area (Å²) < 4.78 is 6.06. The van der Waals surface area contributed by atoms with Crippen molar-refractivity contribution in [2.45, 2.75) is 70.9 Å². The van der Waals surface area contributed by atoms with E-state index in [9.17, 15) is 0 Å². The predicted molar refractivity (Wildman–Crippen MR) is 88.4 cm³/mol. The van der Waals surface area contributed by atoms with Crippen LogP contribution in [0.5, 0.6) is 0 Å². The SMILES string of the molecule is C[SiH](C)[Hf+2]([NH]C(C)(C)C)[C]1=C([Si]2(C)CCC2)CC=C1.[Cl-].[Cl-]. The number of rotatable bonds is 4. The van der Waals surface area contributed by atoms with Crippen molar-refractivity contribution in [1.29, 1.82) is 0 Å². The van der Waals surface area contributed by atoms with E-state index in [-0.39, 0.29) is 24.8 Å². The van der Waals surface area contributed by atoms with Gasteiger partial charge < -0.3 is 24.8 Å². The molecule has 0 amide bonds. The first kappa shape index (κ1) is 22.3. The van der Waals surface area contributed by atoms with E-state index in [2.05, 4.69) is 55.9 Å². The van der Waals surface area contributed by atoms with E-state index in [0.29, 0.717) is 5.54 Å². The van der Waals surface area contributed by atoms with E-state index in [1.165, 1.54) is 12.8 Å². The second-order valence-corrected chi connectivity index (χ2v) is 37.9. The number of allylic oxidation sites excluding steroid dienone is 4. The van der Waals surface area contributed by atoms with Crippen molar-refractivity contribution < 1.29 is 45.7 Å². The molecule has 21 heavy (non-hydrogen) atoms. The quantitative estimate of drug-likeness (QED) is 0.421. The average Bonchev–Trinajstić information content (AvgIpc) is 2.69. The second-order valence-electron chi connectivity index (χ2n) is 7.86. The van der Waals surface area contributed by atoms with Gasteiger partial charge in [0.25, 0.3) is 0 Å². The zero-order valence-electron chi connectivity index (χ0n) is 14.3. The van der Waals surface area contributed by atoms with Gasteiger partial charge in [-0.2, -0.15) is 0 Å². The molecule has 0 bridgehead atoms. The molecule has 0 aromatic carbocycles. The van der Waals surface area contributed by atoms with Gasteiger partial charge in [-0.05, 0) is 0 Å². The molecule has 1 nitrogen and oxygen atoms in total. The molecule has 1 saturated heterocycles. The molecule has 0 aromatic heterocycles. The molecule has 1 N–H and O–H groups in total. The van der Waals surface area contributed by atoms with Crippen LogP contribution in [-0.4, -0.2) is 19.6 Å². The van der Waals surface area contributed by atoms with Crippen LogP contribution >= 0.6 is 0 Å². The fourth-order valence-corrected chi connectivity index (χ4v) is 34.6. The molecule has 0 saturated carbocycles. The molecule has 6 heteroatoms. The smallest absolute Gasteiger partial charge is 1.00 e. The van der Waals surface area contributed by atoms with Gasteiger partial charge in [0.2, 0.25) is 0 Å². The maximum absolute atomic E-state index is 4.14. The first-order valence-corrected chi connectivity index (χ1v) is 23.4. The minimum Gasteiger partial charge on any atom is -1.00 e. The zero-order chi connectivity index (χ0) is 14.3. The average molecular weight is 530 g/mol. The molecule has 1 aliphatic heterocycles. The van der Waals surface area contributed by atoms with Crippen molar-refractivity contribution in [3.05, 3.63) is 20.7 Å². The van der Waals surface area contributed by atoms with Crippen LogP contribution < -0.4 is 28.1 Å². The monoisotopic (exact) mass is 530 g/mol. The summed E-state index contributed by atoms with van der Waals surface area (Å²) in [6.07, 6.45) is 7.86. The molecule has 0 unspecified atom stereocenters. The normalized spacial score (nSPS) is 20.0. The Hall–Kier alpha value is 1.32. The Balaban J connectivity index is 0.00000200. The van der Waals surface area contributed by atoms with Crippen LogP contribution in [0.1, 0.15) is 33.6 Å². The van der Waals surface area contributed by atoms with Gasteiger partial charge in [0.1, 0.15) is 0 Å². The van der Waals surface area contributed by atoms with Crippen molar-refractivity contribution in [3.63, 3.8) is 0 Å². The number of hydrogen-bond acceptors (Lipinski definition) is 1. The van der Waals surface area contributed by atoms with Crippen molar-refractivity contribution in [2.75, 3.05) is 0 Å². The van der Waals surface area contributed by atoms with E-state index < -0.39 is 35.0 Å². The zero-order valence-corrected chi connectivity index (χ0v) is 21.6. The molecular formula is C15H30Cl2HfNSi2. The van der Waals surface area contributed by atoms with Gasteiger partial charge in [0.05, 0.1) is 0 Å². The number of halogens is 2. The fourth-order valence-electron chi connectivity index (χ4n) is 3.26. The topological polar surface area (TPSA) is 12.0 Å². The molecule has 2 rings (SSSR count). The van der Waals surface area contributed by atoms with Crippen molar-refractivity contribution in [2.24, 2.45) is 0 Å². The molecular weight excluding hydrogens is 500 g/mol.